The van der Waals surface area contributed by atoms with Crippen molar-refractivity contribution in [3.8, 4) is 0 Å². The molecule has 1 atom stereocenters. The number of Topliss-reactive ketones (excluding diaryl/α,β-unsaturated/α-hetero) is 1. The summed E-state index contributed by atoms with van der Waals surface area (Å²) < 4.78 is 4.98. The van der Waals surface area contributed by atoms with Gasteiger partial charge in [0.15, 0.2) is 0 Å². The molecule has 1 N–H and O–H groups in total. The fourth-order valence-corrected chi connectivity index (χ4v) is 2.00. The summed E-state index contributed by atoms with van der Waals surface area (Å²) in [5.41, 5.74) is 0. The Morgan fingerprint density at radius 2 is 1.67 bits per heavy atom. The van der Waals surface area contributed by atoms with Crippen molar-refractivity contribution in [3.63, 3.8) is 0 Å². The molecule has 0 aliphatic carbocycles. The third-order valence-electron chi connectivity index (χ3n) is 3.27. The second-order valence-electron chi connectivity index (χ2n) is 4.99. The Hall–Kier alpha value is -0.410. The van der Waals surface area contributed by atoms with Gasteiger partial charge in [0.25, 0.3) is 0 Å². The maximum absolute atomic E-state index is 11.1. The van der Waals surface area contributed by atoms with E-state index in [2.05, 4.69) is 0 Å². The molecule has 0 aromatic carbocycles. The van der Waals surface area contributed by atoms with Crippen molar-refractivity contribution in [1.29, 1.82) is 0 Å². The average molecular weight is 258 g/mol. The van der Waals surface area contributed by atoms with Gasteiger partial charge in [-0.15, -0.1) is 0 Å². The Morgan fingerprint density at radius 3 is 2.22 bits per heavy atom. The summed E-state index contributed by atoms with van der Waals surface area (Å²) in [6.07, 6.45) is 9.37. The lowest BCUT2D eigenvalue weighted by atomic mass is 10.0. The minimum absolute atomic E-state index is 0.158. The van der Waals surface area contributed by atoms with Crippen LogP contribution >= 0.6 is 0 Å². The van der Waals surface area contributed by atoms with Gasteiger partial charge in [-0.1, -0.05) is 32.6 Å². The molecular weight excluding hydrogens is 228 g/mol. The molecular formula is C15H30O3. The molecule has 0 aliphatic rings. The zero-order valence-electron chi connectivity index (χ0n) is 12.1. The highest BCUT2D eigenvalue weighted by Gasteiger charge is 2.04. The van der Waals surface area contributed by atoms with Crippen LogP contribution in [0.15, 0.2) is 0 Å². The minimum Gasteiger partial charge on any atom is -0.393 e. The van der Waals surface area contributed by atoms with Gasteiger partial charge in [-0.05, 0) is 25.7 Å². The van der Waals surface area contributed by atoms with Crippen molar-refractivity contribution < 1.29 is 14.6 Å². The molecule has 0 spiro atoms. The summed E-state index contributed by atoms with van der Waals surface area (Å²) in [4.78, 5) is 11.1. The Morgan fingerprint density at radius 1 is 1.06 bits per heavy atom. The topological polar surface area (TPSA) is 46.5 Å². The van der Waals surface area contributed by atoms with E-state index in [1.54, 1.807) is 7.11 Å². The Bertz CT molecular complexity index is 192. The van der Waals surface area contributed by atoms with Gasteiger partial charge in [0, 0.05) is 26.6 Å². The van der Waals surface area contributed by atoms with E-state index in [9.17, 15) is 9.90 Å². The maximum Gasteiger partial charge on any atom is 0.132 e. The first kappa shape index (κ1) is 17.6. The van der Waals surface area contributed by atoms with Crippen molar-refractivity contribution in [2.24, 2.45) is 0 Å². The van der Waals surface area contributed by atoms with Crippen molar-refractivity contribution in [2.75, 3.05) is 13.7 Å². The zero-order chi connectivity index (χ0) is 13.6. The van der Waals surface area contributed by atoms with Crippen LogP contribution < -0.4 is 0 Å². The minimum atomic E-state index is -0.158. The standard InChI is InChI=1S/C15H30O3/c1-3-14(16)10-6-4-7-11-15(17)12-8-5-9-13-18-2/h15,17H,3-13H2,1-2H3. The van der Waals surface area contributed by atoms with Crippen LogP contribution in [0.5, 0.6) is 0 Å². The fourth-order valence-electron chi connectivity index (χ4n) is 2.00. The highest BCUT2D eigenvalue weighted by Crippen LogP contribution is 2.12. The summed E-state index contributed by atoms with van der Waals surface area (Å²) in [7, 11) is 1.72. The molecule has 0 heterocycles. The molecule has 0 amide bonds. The van der Waals surface area contributed by atoms with E-state index in [-0.39, 0.29) is 6.10 Å². The largest absolute Gasteiger partial charge is 0.393 e. The van der Waals surface area contributed by atoms with Crippen molar-refractivity contribution in [2.45, 2.75) is 77.2 Å². The Kier molecular flexibility index (Phi) is 12.7. The van der Waals surface area contributed by atoms with Gasteiger partial charge in [0.05, 0.1) is 6.10 Å². The predicted molar refractivity (Wildman–Crippen MR) is 74.7 cm³/mol. The van der Waals surface area contributed by atoms with E-state index in [1.807, 2.05) is 6.92 Å². The first-order valence-electron chi connectivity index (χ1n) is 7.39. The molecule has 0 aliphatic heterocycles. The van der Waals surface area contributed by atoms with Gasteiger partial charge >= 0.3 is 0 Å². The third kappa shape index (κ3) is 12.1. The number of rotatable bonds is 13. The normalized spacial score (nSPS) is 12.6. The SMILES string of the molecule is CCC(=O)CCCCCC(O)CCCCCOC. The van der Waals surface area contributed by atoms with E-state index in [4.69, 9.17) is 4.74 Å². The average Bonchev–Trinajstić information content (AvgIpc) is 2.37. The van der Waals surface area contributed by atoms with Gasteiger partial charge in [-0.2, -0.15) is 0 Å². The molecule has 3 nitrogen and oxygen atoms in total. The van der Waals surface area contributed by atoms with Gasteiger partial charge in [0.1, 0.15) is 5.78 Å². The first-order valence-corrected chi connectivity index (χ1v) is 7.39. The third-order valence-corrected chi connectivity index (χ3v) is 3.27. The molecule has 1 unspecified atom stereocenters. The van der Waals surface area contributed by atoms with Gasteiger partial charge in [0.2, 0.25) is 0 Å². The van der Waals surface area contributed by atoms with Crippen LogP contribution in [0.1, 0.15) is 71.1 Å². The van der Waals surface area contributed by atoms with Crippen molar-refractivity contribution >= 4 is 5.78 Å². The first-order chi connectivity index (χ1) is 8.70. The van der Waals surface area contributed by atoms with Crippen LogP contribution in [0.3, 0.4) is 0 Å². The number of ketones is 1. The molecule has 0 saturated carbocycles. The highest BCUT2D eigenvalue weighted by atomic mass is 16.5. The van der Waals surface area contributed by atoms with Crippen LogP contribution in [0.2, 0.25) is 0 Å². The molecule has 0 aromatic heterocycles. The molecule has 3 heteroatoms. The van der Waals surface area contributed by atoms with Crippen LogP contribution in [-0.2, 0) is 9.53 Å². The van der Waals surface area contributed by atoms with E-state index >= 15 is 0 Å². The monoisotopic (exact) mass is 258 g/mol. The number of carbonyl (C=O) groups excluding carboxylic acids is 1. The van der Waals surface area contributed by atoms with E-state index < -0.39 is 0 Å². The number of aliphatic hydroxyl groups is 1. The number of hydrogen-bond acceptors (Lipinski definition) is 3. The van der Waals surface area contributed by atoms with E-state index in [0.29, 0.717) is 18.6 Å². The highest BCUT2D eigenvalue weighted by molar-refractivity contribution is 5.77. The molecule has 0 bridgehead atoms. The maximum atomic E-state index is 11.1. The smallest absolute Gasteiger partial charge is 0.132 e. The number of unbranched alkanes of at least 4 members (excludes halogenated alkanes) is 4. The number of methoxy groups -OCH3 is 1. The molecule has 0 saturated heterocycles. The molecule has 0 radical (unpaired) electrons. The summed E-state index contributed by atoms with van der Waals surface area (Å²) in [5, 5.41) is 9.76. The van der Waals surface area contributed by atoms with Crippen LogP contribution in [-0.4, -0.2) is 30.7 Å². The Labute approximate surface area is 112 Å². The summed E-state index contributed by atoms with van der Waals surface area (Å²) in [6.45, 7) is 2.73. The number of hydrogen-bond donors (Lipinski definition) is 1. The number of ether oxygens (including phenoxy) is 1. The molecule has 108 valence electrons. The molecule has 0 fully saturated rings. The molecule has 0 rings (SSSR count). The predicted octanol–water partition coefficient (Wildman–Crippen LogP) is 3.48. The molecule has 18 heavy (non-hydrogen) atoms. The molecule has 0 aromatic rings. The van der Waals surface area contributed by atoms with Crippen LogP contribution in [0, 0.1) is 0 Å². The van der Waals surface area contributed by atoms with Crippen LogP contribution in [0.4, 0.5) is 0 Å². The van der Waals surface area contributed by atoms with E-state index in [0.717, 1.165) is 58.0 Å². The number of carbonyl (C=O) groups is 1. The second-order valence-corrected chi connectivity index (χ2v) is 4.99. The fraction of sp³-hybridized carbons (Fsp3) is 0.933. The zero-order valence-corrected chi connectivity index (χ0v) is 12.1. The van der Waals surface area contributed by atoms with Crippen molar-refractivity contribution in [1.82, 2.24) is 0 Å². The lowest BCUT2D eigenvalue weighted by molar-refractivity contribution is -0.118. The van der Waals surface area contributed by atoms with Gasteiger partial charge < -0.3 is 9.84 Å². The summed E-state index contributed by atoms with van der Waals surface area (Å²) >= 11 is 0. The summed E-state index contributed by atoms with van der Waals surface area (Å²) in [6, 6.07) is 0. The van der Waals surface area contributed by atoms with Gasteiger partial charge in [-0.3, -0.25) is 4.79 Å². The Balaban J connectivity index is 3.21. The second kappa shape index (κ2) is 13.0. The van der Waals surface area contributed by atoms with E-state index in [1.165, 1.54) is 0 Å². The van der Waals surface area contributed by atoms with Crippen molar-refractivity contribution in [3.05, 3.63) is 0 Å². The van der Waals surface area contributed by atoms with Crippen LogP contribution in [0.25, 0.3) is 0 Å². The quantitative estimate of drug-likeness (QED) is 0.514. The number of aliphatic hydroxyl groups excluding tert-OH is 1. The van der Waals surface area contributed by atoms with Gasteiger partial charge in [-0.25, -0.2) is 0 Å². The lowest BCUT2D eigenvalue weighted by Gasteiger charge is -2.10. The summed E-state index contributed by atoms with van der Waals surface area (Å²) in [5.74, 6) is 0.355. The lowest BCUT2D eigenvalue weighted by Crippen LogP contribution is -2.06.